The predicted octanol–water partition coefficient (Wildman–Crippen LogP) is 1.53. The van der Waals surface area contributed by atoms with Crippen LogP contribution in [-0.4, -0.2) is 24.6 Å². The van der Waals surface area contributed by atoms with Crippen molar-refractivity contribution in [3.8, 4) is 0 Å². The minimum atomic E-state index is 0.337. The molecule has 0 radical (unpaired) electrons. The van der Waals surface area contributed by atoms with Crippen molar-refractivity contribution >= 4 is 22.6 Å². The molecule has 10 heavy (non-hydrogen) atoms. The molecule has 0 aliphatic heterocycles. The minimum Gasteiger partial charge on any atom is -0.499 e. The Morgan fingerprint density at radius 2 is 2.10 bits per heavy atom. The Hall–Kier alpha value is 0.190. The number of halogens is 1. The van der Waals surface area contributed by atoms with Crippen molar-refractivity contribution in [2.45, 2.75) is 0 Å². The average molecular weight is 258 g/mol. The van der Waals surface area contributed by atoms with E-state index in [2.05, 4.69) is 29.2 Å². The molecule has 0 rings (SSSR count). The highest BCUT2D eigenvalue weighted by Crippen LogP contribution is 1.84. The highest BCUT2D eigenvalue weighted by molar-refractivity contribution is 14.1. The number of rotatable bonds is 7. The molecule has 0 bridgehead atoms. The smallest absolute Gasteiger partial charge is 0.147 e. The van der Waals surface area contributed by atoms with E-state index < -0.39 is 0 Å². The van der Waals surface area contributed by atoms with Crippen molar-refractivity contribution in [2.75, 3.05) is 24.6 Å². The molecule has 0 saturated carbocycles. The molecule has 0 unspecified atom stereocenters. The van der Waals surface area contributed by atoms with E-state index in [1.54, 1.807) is 0 Å². The highest BCUT2D eigenvalue weighted by Gasteiger charge is 1.85. The molecule has 0 atom stereocenters. The second kappa shape index (κ2) is 9.19. The molecule has 4 heteroatoms. The van der Waals surface area contributed by atoms with Gasteiger partial charge in [-0.25, -0.2) is 0 Å². The summed E-state index contributed by atoms with van der Waals surface area (Å²) in [7, 11) is 0. The van der Waals surface area contributed by atoms with E-state index in [0.29, 0.717) is 24.6 Å². The van der Waals surface area contributed by atoms with Gasteiger partial charge in [-0.15, -0.1) is 0 Å². The van der Waals surface area contributed by atoms with Gasteiger partial charge in [0.25, 0.3) is 0 Å². The maximum atomic E-state index is 4.98. The first-order valence-corrected chi connectivity index (χ1v) is 4.38. The van der Waals surface area contributed by atoms with Crippen LogP contribution >= 0.6 is 22.6 Å². The van der Waals surface area contributed by atoms with Gasteiger partial charge in [0, 0.05) is 0 Å². The number of hydrogen-bond acceptors (Lipinski definition) is 3. The lowest BCUT2D eigenvalue weighted by molar-refractivity contribution is -0.0450. The van der Waals surface area contributed by atoms with E-state index in [-0.39, 0.29) is 0 Å². The quantitative estimate of drug-likeness (QED) is 0.228. The molecule has 0 heterocycles. The van der Waals surface area contributed by atoms with Gasteiger partial charge in [-0.2, -0.15) is 0 Å². The number of alkyl halides is 1. The molecule has 0 N–H and O–H groups in total. The summed E-state index contributed by atoms with van der Waals surface area (Å²) in [5.74, 6) is 0. The van der Waals surface area contributed by atoms with Crippen molar-refractivity contribution in [2.24, 2.45) is 0 Å². The van der Waals surface area contributed by atoms with E-state index in [1.165, 1.54) is 6.26 Å². The first kappa shape index (κ1) is 10.2. The van der Waals surface area contributed by atoms with Crippen molar-refractivity contribution in [1.82, 2.24) is 0 Å². The van der Waals surface area contributed by atoms with Gasteiger partial charge in [0.05, 0.1) is 12.9 Å². The van der Waals surface area contributed by atoms with E-state index in [1.807, 2.05) is 0 Å². The van der Waals surface area contributed by atoms with Crippen molar-refractivity contribution in [3.05, 3.63) is 12.8 Å². The third kappa shape index (κ3) is 8.19. The predicted molar refractivity (Wildman–Crippen MR) is 46.9 cm³/mol. The van der Waals surface area contributed by atoms with Gasteiger partial charge >= 0.3 is 0 Å². The van der Waals surface area contributed by atoms with Crippen LogP contribution < -0.4 is 0 Å². The first-order chi connectivity index (χ1) is 4.91. The standard InChI is InChI=1S/C6H11IO3/c1-2-8-3-4-9-6-10-5-7/h2H,1,3-6H2. The fourth-order valence-electron chi connectivity index (χ4n) is 0.340. The van der Waals surface area contributed by atoms with Gasteiger partial charge in [0.15, 0.2) is 0 Å². The van der Waals surface area contributed by atoms with Gasteiger partial charge in [-0.05, 0) is 0 Å². The summed E-state index contributed by atoms with van der Waals surface area (Å²) in [6.07, 6.45) is 1.39. The van der Waals surface area contributed by atoms with Crippen LogP contribution in [0.25, 0.3) is 0 Å². The van der Waals surface area contributed by atoms with Crippen LogP contribution in [0.15, 0.2) is 12.8 Å². The fourth-order valence-corrected chi connectivity index (χ4v) is 0.520. The Kier molecular flexibility index (Phi) is 9.36. The molecule has 0 aliphatic rings. The monoisotopic (exact) mass is 258 g/mol. The summed E-state index contributed by atoms with van der Waals surface area (Å²) >= 11 is 2.11. The number of ether oxygens (including phenoxy) is 3. The summed E-state index contributed by atoms with van der Waals surface area (Å²) in [5, 5.41) is 0. The highest BCUT2D eigenvalue weighted by atomic mass is 127. The van der Waals surface area contributed by atoms with Crippen LogP contribution in [0.3, 0.4) is 0 Å². The van der Waals surface area contributed by atoms with E-state index >= 15 is 0 Å². The summed E-state index contributed by atoms with van der Waals surface area (Å²) in [5.41, 5.74) is 0. The molecule has 3 nitrogen and oxygen atoms in total. The molecule has 0 amide bonds. The van der Waals surface area contributed by atoms with Gasteiger partial charge in [0.2, 0.25) is 0 Å². The molecule has 0 saturated heterocycles. The van der Waals surface area contributed by atoms with E-state index in [4.69, 9.17) is 14.2 Å². The SMILES string of the molecule is C=COCCOCOCI. The van der Waals surface area contributed by atoms with Crippen LogP contribution in [-0.2, 0) is 14.2 Å². The Labute approximate surface area is 74.5 Å². The van der Waals surface area contributed by atoms with Gasteiger partial charge in [-0.1, -0.05) is 29.2 Å². The largest absolute Gasteiger partial charge is 0.499 e. The zero-order valence-electron chi connectivity index (χ0n) is 5.72. The first-order valence-electron chi connectivity index (χ1n) is 2.85. The Morgan fingerprint density at radius 3 is 2.70 bits per heavy atom. The fraction of sp³-hybridized carbons (Fsp3) is 0.667. The second-order valence-corrected chi connectivity index (χ2v) is 2.00. The second-order valence-electron chi connectivity index (χ2n) is 1.38. The van der Waals surface area contributed by atoms with Gasteiger partial charge in [-0.3, -0.25) is 0 Å². The molecular formula is C6H11IO3. The van der Waals surface area contributed by atoms with Crippen LogP contribution in [0.1, 0.15) is 0 Å². The number of hydrogen-bond donors (Lipinski definition) is 0. The van der Waals surface area contributed by atoms with Crippen molar-refractivity contribution in [1.29, 1.82) is 0 Å². The average Bonchev–Trinajstić information content (AvgIpc) is 1.97. The van der Waals surface area contributed by atoms with Crippen LogP contribution in [0.4, 0.5) is 0 Å². The summed E-state index contributed by atoms with van der Waals surface area (Å²) in [6, 6.07) is 0. The maximum absolute atomic E-state index is 4.98. The molecule has 0 aromatic rings. The molecule has 60 valence electrons. The maximum Gasteiger partial charge on any atom is 0.147 e. The van der Waals surface area contributed by atoms with Crippen LogP contribution in [0.5, 0.6) is 0 Å². The van der Waals surface area contributed by atoms with Gasteiger partial charge < -0.3 is 14.2 Å². The molecule has 0 spiro atoms. The third-order valence-electron chi connectivity index (χ3n) is 0.707. The summed E-state index contributed by atoms with van der Waals surface area (Å²) < 4.78 is 15.3. The Balaban J connectivity index is 2.70. The molecular weight excluding hydrogens is 247 g/mol. The molecule has 0 aliphatic carbocycles. The zero-order valence-corrected chi connectivity index (χ0v) is 7.87. The van der Waals surface area contributed by atoms with Gasteiger partial charge in [0.1, 0.15) is 18.0 Å². The topological polar surface area (TPSA) is 27.7 Å². The zero-order chi connectivity index (χ0) is 7.66. The minimum absolute atomic E-state index is 0.337. The van der Waals surface area contributed by atoms with E-state index in [0.717, 1.165) is 0 Å². The van der Waals surface area contributed by atoms with Crippen LogP contribution in [0.2, 0.25) is 0 Å². The lowest BCUT2D eigenvalue weighted by Crippen LogP contribution is -2.04. The molecule has 0 aromatic heterocycles. The Morgan fingerprint density at radius 1 is 1.30 bits per heavy atom. The molecule has 0 aromatic carbocycles. The Bertz CT molecular complexity index is 77.4. The summed E-state index contributed by atoms with van der Waals surface area (Å²) in [4.78, 5) is 0. The van der Waals surface area contributed by atoms with Crippen LogP contribution in [0, 0.1) is 0 Å². The molecule has 0 fully saturated rings. The summed E-state index contributed by atoms with van der Waals surface area (Å²) in [6.45, 7) is 4.80. The normalized spacial score (nSPS) is 9.30. The lowest BCUT2D eigenvalue weighted by atomic mass is 10.8. The van der Waals surface area contributed by atoms with Crippen molar-refractivity contribution < 1.29 is 14.2 Å². The third-order valence-corrected chi connectivity index (χ3v) is 1.15. The van der Waals surface area contributed by atoms with E-state index in [9.17, 15) is 0 Å². The lowest BCUT2D eigenvalue weighted by Gasteiger charge is -2.02. The van der Waals surface area contributed by atoms with Crippen molar-refractivity contribution in [3.63, 3.8) is 0 Å².